The Morgan fingerprint density at radius 1 is 1.65 bits per heavy atom. The van der Waals surface area contributed by atoms with E-state index in [0.717, 1.165) is 0 Å². The van der Waals surface area contributed by atoms with Crippen LogP contribution in [0.3, 0.4) is 0 Å². The fourth-order valence-electron chi connectivity index (χ4n) is 1.14. The van der Waals surface area contributed by atoms with Crippen LogP contribution >= 0.6 is 11.6 Å². The molecule has 0 aliphatic carbocycles. The third kappa shape index (κ3) is 3.55. The lowest BCUT2D eigenvalue weighted by molar-refractivity contribution is -0.117. The predicted octanol–water partition coefficient (Wildman–Crippen LogP) is 2.99. The van der Waals surface area contributed by atoms with Crippen molar-refractivity contribution in [3.05, 3.63) is 33.7 Å². The first kappa shape index (κ1) is 13.2. The van der Waals surface area contributed by atoms with Crippen LogP contribution in [0.25, 0.3) is 10.4 Å². The quantitative estimate of drug-likeness (QED) is 0.509. The summed E-state index contributed by atoms with van der Waals surface area (Å²) in [6, 6.07) is 4.04. The first-order chi connectivity index (χ1) is 8.08. The summed E-state index contributed by atoms with van der Waals surface area (Å²) >= 11 is 5.81. The van der Waals surface area contributed by atoms with Gasteiger partial charge in [-0.25, -0.2) is 0 Å². The Balaban J connectivity index is 2.90. The van der Waals surface area contributed by atoms with E-state index >= 15 is 0 Å². The second kappa shape index (κ2) is 5.98. The van der Waals surface area contributed by atoms with Gasteiger partial charge in [-0.15, -0.1) is 0 Å². The number of hydrogen-bond donors (Lipinski definition) is 1. The van der Waals surface area contributed by atoms with E-state index in [1.165, 1.54) is 14.0 Å². The molecule has 1 amide bonds. The Hall–Kier alpha value is -1.91. The van der Waals surface area contributed by atoms with Gasteiger partial charge in [-0.05, 0) is 30.7 Å². The molecular formula is C10H11ClN4O2. The van der Waals surface area contributed by atoms with Gasteiger partial charge in [0.25, 0.3) is 0 Å². The molecule has 1 atom stereocenters. The normalized spacial score (nSPS) is 11.2. The SMILES string of the molecule is COc1ccc(Cl)cc1NC(=O)C(C)N=[N+]=[N-]. The number of carbonyl (C=O) groups is 1. The smallest absolute Gasteiger partial charge is 0.233 e. The number of halogens is 1. The van der Waals surface area contributed by atoms with Crippen molar-refractivity contribution in [1.82, 2.24) is 0 Å². The molecular weight excluding hydrogens is 244 g/mol. The highest BCUT2D eigenvalue weighted by atomic mass is 35.5. The molecule has 0 fully saturated rings. The highest BCUT2D eigenvalue weighted by molar-refractivity contribution is 6.31. The van der Waals surface area contributed by atoms with E-state index in [1.54, 1.807) is 18.2 Å². The number of nitrogens with zero attached hydrogens (tertiary/aromatic N) is 3. The van der Waals surface area contributed by atoms with Crippen molar-refractivity contribution in [3.8, 4) is 5.75 Å². The van der Waals surface area contributed by atoms with Crippen LogP contribution in [0.15, 0.2) is 23.3 Å². The summed E-state index contributed by atoms with van der Waals surface area (Å²) in [6.07, 6.45) is 0. The van der Waals surface area contributed by atoms with E-state index in [-0.39, 0.29) is 0 Å². The fourth-order valence-corrected chi connectivity index (χ4v) is 1.32. The highest BCUT2D eigenvalue weighted by Gasteiger charge is 2.13. The summed E-state index contributed by atoms with van der Waals surface area (Å²) in [7, 11) is 1.48. The summed E-state index contributed by atoms with van der Waals surface area (Å²) in [4.78, 5) is 14.2. The molecule has 17 heavy (non-hydrogen) atoms. The van der Waals surface area contributed by atoms with Crippen LogP contribution in [0.2, 0.25) is 5.02 Å². The molecule has 7 heteroatoms. The molecule has 1 N–H and O–H groups in total. The average Bonchev–Trinajstić information content (AvgIpc) is 2.29. The van der Waals surface area contributed by atoms with Gasteiger partial charge < -0.3 is 10.1 Å². The standard InChI is InChI=1S/C10H11ClN4O2/c1-6(14-15-12)10(16)13-8-5-7(11)3-4-9(8)17-2/h3-6H,1-2H3,(H,13,16). The molecule has 1 aromatic rings. The molecule has 0 aliphatic heterocycles. The summed E-state index contributed by atoms with van der Waals surface area (Å²) in [5.41, 5.74) is 8.66. The van der Waals surface area contributed by atoms with Gasteiger partial charge in [0.1, 0.15) is 11.8 Å². The second-order valence-corrected chi connectivity index (χ2v) is 3.65. The third-order valence-corrected chi connectivity index (χ3v) is 2.26. The zero-order chi connectivity index (χ0) is 12.8. The van der Waals surface area contributed by atoms with Gasteiger partial charge in [0.2, 0.25) is 5.91 Å². The first-order valence-corrected chi connectivity index (χ1v) is 5.15. The molecule has 1 aromatic carbocycles. The molecule has 0 spiro atoms. The third-order valence-electron chi connectivity index (χ3n) is 2.02. The number of hydrogen-bond acceptors (Lipinski definition) is 3. The number of azide groups is 1. The minimum Gasteiger partial charge on any atom is -0.495 e. The van der Waals surface area contributed by atoms with Crippen LogP contribution in [-0.4, -0.2) is 19.1 Å². The van der Waals surface area contributed by atoms with Gasteiger partial charge in [-0.3, -0.25) is 4.79 Å². The first-order valence-electron chi connectivity index (χ1n) is 4.77. The topological polar surface area (TPSA) is 87.1 Å². The maximum absolute atomic E-state index is 11.6. The molecule has 1 unspecified atom stereocenters. The average molecular weight is 255 g/mol. The lowest BCUT2D eigenvalue weighted by atomic mass is 10.2. The Labute approximate surface area is 103 Å². The lowest BCUT2D eigenvalue weighted by Gasteiger charge is -2.11. The molecule has 6 nitrogen and oxygen atoms in total. The molecule has 1 rings (SSSR count). The number of benzene rings is 1. The Bertz CT molecular complexity index is 471. The molecule has 0 aliphatic rings. The number of ether oxygens (including phenoxy) is 1. The van der Waals surface area contributed by atoms with Crippen molar-refractivity contribution in [2.75, 3.05) is 12.4 Å². The molecule has 90 valence electrons. The zero-order valence-electron chi connectivity index (χ0n) is 9.35. The second-order valence-electron chi connectivity index (χ2n) is 3.21. The Kier molecular flexibility index (Phi) is 4.63. The zero-order valence-corrected chi connectivity index (χ0v) is 10.1. The van der Waals surface area contributed by atoms with Crippen molar-refractivity contribution in [2.45, 2.75) is 13.0 Å². The van der Waals surface area contributed by atoms with E-state index in [4.69, 9.17) is 21.9 Å². The Morgan fingerprint density at radius 2 is 2.35 bits per heavy atom. The van der Waals surface area contributed by atoms with Crippen LogP contribution in [0.1, 0.15) is 6.92 Å². The summed E-state index contributed by atoms with van der Waals surface area (Å²) < 4.78 is 5.06. The van der Waals surface area contributed by atoms with E-state index in [0.29, 0.717) is 16.5 Å². The maximum Gasteiger partial charge on any atom is 0.233 e. The van der Waals surface area contributed by atoms with E-state index in [9.17, 15) is 4.79 Å². The van der Waals surface area contributed by atoms with Crippen molar-refractivity contribution in [3.63, 3.8) is 0 Å². The molecule has 0 saturated heterocycles. The number of methoxy groups -OCH3 is 1. The Morgan fingerprint density at radius 3 is 2.94 bits per heavy atom. The maximum atomic E-state index is 11.6. The van der Waals surface area contributed by atoms with E-state index in [2.05, 4.69) is 15.3 Å². The molecule has 0 bridgehead atoms. The molecule has 0 radical (unpaired) electrons. The molecule has 0 aromatic heterocycles. The number of anilines is 1. The van der Waals surface area contributed by atoms with E-state index in [1.807, 2.05) is 0 Å². The van der Waals surface area contributed by atoms with Crippen LogP contribution in [0.4, 0.5) is 5.69 Å². The predicted molar refractivity (Wildman–Crippen MR) is 65.2 cm³/mol. The van der Waals surface area contributed by atoms with Crippen molar-refractivity contribution in [1.29, 1.82) is 0 Å². The van der Waals surface area contributed by atoms with Gasteiger partial charge >= 0.3 is 0 Å². The largest absolute Gasteiger partial charge is 0.495 e. The number of rotatable bonds is 4. The summed E-state index contributed by atoms with van der Waals surface area (Å²) in [6.45, 7) is 1.49. The van der Waals surface area contributed by atoms with Crippen molar-refractivity contribution >= 4 is 23.2 Å². The summed E-state index contributed by atoms with van der Waals surface area (Å²) in [5, 5.41) is 6.34. The fraction of sp³-hybridized carbons (Fsp3) is 0.300. The minimum absolute atomic E-state index is 0.427. The van der Waals surface area contributed by atoms with Crippen LogP contribution in [-0.2, 0) is 4.79 Å². The van der Waals surface area contributed by atoms with Crippen molar-refractivity contribution < 1.29 is 9.53 Å². The number of amides is 1. The molecule has 0 saturated carbocycles. The summed E-state index contributed by atoms with van der Waals surface area (Å²) in [5.74, 6) is 0.0549. The lowest BCUT2D eigenvalue weighted by Crippen LogP contribution is -2.23. The van der Waals surface area contributed by atoms with Gasteiger partial charge in [-0.1, -0.05) is 16.7 Å². The van der Waals surface area contributed by atoms with Gasteiger partial charge in [0.15, 0.2) is 0 Å². The molecule has 0 heterocycles. The minimum atomic E-state index is -0.802. The van der Waals surface area contributed by atoms with Gasteiger partial charge in [0.05, 0.1) is 12.8 Å². The van der Waals surface area contributed by atoms with Gasteiger partial charge in [-0.2, -0.15) is 0 Å². The van der Waals surface area contributed by atoms with E-state index < -0.39 is 11.9 Å². The van der Waals surface area contributed by atoms with Crippen LogP contribution in [0, 0.1) is 0 Å². The van der Waals surface area contributed by atoms with Crippen LogP contribution < -0.4 is 10.1 Å². The number of nitrogens with one attached hydrogen (secondary N) is 1. The van der Waals surface area contributed by atoms with Crippen molar-refractivity contribution in [2.24, 2.45) is 5.11 Å². The van der Waals surface area contributed by atoms with Gasteiger partial charge in [0, 0.05) is 9.93 Å². The van der Waals surface area contributed by atoms with Crippen LogP contribution in [0.5, 0.6) is 5.75 Å². The number of carbonyl (C=O) groups excluding carboxylic acids is 1. The monoisotopic (exact) mass is 254 g/mol. The highest BCUT2D eigenvalue weighted by Crippen LogP contribution is 2.27.